The van der Waals surface area contributed by atoms with Gasteiger partial charge < -0.3 is 24.8 Å². The number of anilines is 2. The van der Waals surface area contributed by atoms with E-state index in [0.717, 1.165) is 51.8 Å². The summed E-state index contributed by atoms with van der Waals surface area (Å²) in [5, 5.41) is 14.4. The molecule has 53 heavy (non-hydrogen) atoms. The van der Waals surface area contributed by atoms with Gasteiger partial charge in [0.05, 0.1) is 23.5 Å². The lowest BCUT2D eigenvalue weighted by Gasteiger charge is -2.41. The van der Waals surface area contributed by atoms with E-state index in [2.05, 4.69) is 43.2 Å². The highest BCUT2D eigenvalue weighted by Gasteiger charge is 2.40. The van der Waals surface area contributed by atoms with Crippen molar-refractivity contribution in [1.82, 2.24) is 4.90 Å². The van der Waals surface area contributed by atoms with E-state index in [1.807, 2.05) is 109 Å². The molecule has 0 bridgehead atoms. The third-order valence-electron chi connectivity index (χ3n) is 10.3. The molecule has 2 N–H and O–H groups in total. The molecule has 0 saturated carbocycles. The van der Waals surface area contributed by atoms with Gasteiger partial charge in [0.25, 0.3) is 0 Å². The smallest absolute Gasteiger partial charge is 0.330 e. The Kier molecular flexibility index (Phi) is 9.97. The maximum absolute atomic E-state index is 14.0. The van der Waals surface area contributed by atoms with Crippen LogP contribution in [0.2, 0.25) is 0 Å². The monoisotopic (exact) mass is 770 g/mol. The van der Waals surface area contributed by atoms with Crippen LogP contribution in [0.5, 0.6) is 11.5 Å². The number of amides is 1. The Morgan fingerprint density at radius 1 is 0.868 bits per heavy atom. The number of benzene rings is 5. The number of hydrogen-bond acceptors (Lipinski definition) is 7. The van der Waals surface area contributed by atoms with Gasteiger partial charge in [0, 0.05) is 34.4 Å². The van der Waals surface area contributed by atoms with Gasteiger partial charge in [-0.2, -0.15) is 0 Å². The number of fused-ring (bicyclic) bond motifs is 2. The molecular weight excluding hydrogens is 732 g/mol. The number of para-hydroxylation sites is 1. The summed E-state index contributed by atoms with van der Waals surface area (Å²) in [5.74, 6) is 0.0881. The molecule has 3 aliphatic heterocycles. The van der Waals surface area contributed by atoms with E-state index in [1.54, 1.807) is 0 Å². The molecule has 8 rings (SSSR count). The second kappa shape index (κ2) is 15.3. The molecular formula is C43H39BrN4O5. The van der Waals surface area contributed by atoms with E-state index >= 15 is 0 Å². The van der Waals surface area contributed by atoms with Crippen LogP contribution < -0.4 is 19.7 Å². The van der Waals surface area contributed by atoms with E-state index in [1.165, 1.54) is 0 Å². The highest BCUT2D eigenvalue weighted by Crippen LogP contribution is 2.44. The Morgan fingerprint density at radius 3 is 2.32 bits per heavy atom. The average Bonchev–Trinajstić information content (AvgIpc) is 3.85. The molecule has 3 heterocycles. The average molecular weight is 772 g/mol. The SMILES string of the molecule is O=C(O)[C@@H](N=C(c1ccccc1)c1ccccc1NC(=O)[C@@H]1CCCN1Cc1ccccc1)[C@H]1c2cc3c(cc2CCN1c1ccc(Br)cc1)OCO3. The van der Waals surface area contributed by atoms with Crippen LogP contribution in [0.3, 0.4) is 0 Å². The van der Waals surface area contributed by atoms with Crippen molar-refractivity contribution in [3.8, 4) is 11.5 Å². The number of ether oxygens (including phenoxy) is 2. The minimum absolute atomic E-state index is 0.0910. The summed E-state index contributed by atoms with van der Waals surface area (Å²) >= 11 is 3.55. The van der Waals surface area contributed by atoms with Crippen molar-refractivity contribution in [3.05, 3.63) is 154 Å². The fourth-order valence-electron chi connectivity index (χ4n) is 7.74. The van der Waals surface area contributed by atoms with Gasteiger partial charge in [-0.25, -0.2) is 4.79 Å². The Hall–Kier alpha value is -5.45. The van der Waals surface area contributed by atoms with Crippen LogP contribution in [-0.4, -0.2) is 59.6 Å². The number of nitrogens with zero attached hydrogens (tertiary/aromatic N) is 3. The van der Waals surface area contributed by atoms with E-state index < -0.39 is 18.1 Å². The summed E-state index contributed by atoms with van der Waals surface area (Å²) in [4.78, 5) is 37.2. The minimum atomic E-state index is -1.24. The van der Waals surface area contributed by atoms with Crippen LogP contribution in [0.1, 0.15) is 46.7 Å². The molecule has 3 atom stereocenters. The molecule has 5 aromatic carbocycles. The number of likely N-dealkylation sites (tertiary alicyclic amines) is 1. The van der Waals surface area contributed by atoms with Crippen molar-refractivity contribution in [1.29, 1.82) is 0 Å². The third kappa shape index (κ3) is 7.29. The van der Waals surface area contributed by atoms with Crippen molar-refractivity contribution in [2.75, 3.05) is 30.1 Å². The maximum Gasteiger partial charge on any atom is 0.330 e. The minimum Gasteiger partial charge on any atom is -0.480 e. The van der Waals surface area contributed by atoms with Crippen molar-refractivity contribution >= 4 is 44.9 Å². The Morgan fingerprint density at radius 2 is 1.57 bits per heavy atom. The highest BCUT2D eigenvalue weighted by molar-refractivity contribution is 9.10. The molecule has 5 aromatic rings. The molecule has 1 amide bonds. The van der Waals surface area contributed by atoms with Crippen LogP contribution >= 0.6 is 15.9 Å². The summed E-state index contributed by atoms with van der Waals surface area (Å²) in [6.07, 6.45) is 2.38. The molecule has 0 spiro atoms. The zero-order valence-electron chi connectivity index (χ0n) is 29.0. The van der Waals surface area contributed by atoms with Crippen LogP contribution in [0.15, 0.2) is 131 Å². The van der Waals surface area contributed by atoms with E-state index in [4.69, 9.17) is 14.5 Å². The molecule has 1 fully saturated rings. The van der Waals surface area contributed by atoms with Gasteiger partial charge in [-0.3, -0.25) is 14.7 Å². The number of carboxylic acid groups (broad SMARTS) is 1. The highest BCUT2D eigenvalue weighted by atomic mass is 79.9. The molecule has 1 saturated heterocycles. The zero-order chi connectivity index (χ0) is 36.3. The van der Waals surface area contributed by atoms with Crippen LogP contribution in [0.25, 0.3) is 0 Å². The Labute approximate surface area is 317 Å². The molecule has 0 radical (unpaired) electrons. The van der Waals surface area contributed by atoms with Crippen LogP contribution in [0, 0.1) is 0 Å². The lowest BCUT2D eigenvalue weighted by atomic mass is 9.87. The van der Waals surface area contributed by atoms with E-state index in [0.29, 0.717) is 48.0 Å². The topological polar surface area (TPSA) is 104 Å². The van der Waals surface area contributed by atoms with Gasteiger partial charge in [-0.1, -0.05) is 94.8 Å². The number of carbonyl (C=O) groups excluding carboxylic acids is 1. The number of nitrogens with one attached hydrogen (secondary N) is 1. The number of carbonyl (C=O) groups is 2. The fraction of sp³-hybridized carbons (Fsp3) is 0.233. The lowest BCUT2D eigenvalue weighted by Crippen LogP contribution is -2.44. The molecule has 10 heteroatoms. The first-order valence-electron chi connectivity index (χ1n) is 17.9. The third-order valence-corrected chi connectivity index (χ3v) is 10.8. The number of hydrogen-bond donors (Lipinski definition) is 2. The Bertz CT molecular complexity index is 2140. The summed E-state index contributed by atoms with van der Waals surface area (Å²) in [5.41, 5.74) is 6.31. The summed E-state index contributed by atoms with van der Waals surface area (Å²) in [7, 11) is 0. The summed E-state index contributed by atoms with van der Waals surface area (Å²) in [6.45, 7) is 2.22. The molecule has 0 unspecified atom stereocenters. The number of rotatable bonds is 10. The van der Waals surface area contributed by atoms with E-state index in [9.17, 15) is 14.7 Å². The van der Waals surface area contributed by atoms with Crippen LogP contribution in [-0.2, 0) is 22.6 Å². The van der Waals surface area contributed by atoms with Gasteiger partial charge in [0.2, 0.25) is 12.7 Å². The van der Waals surface area contributed by atoms with Gasteiger partial charge >= 0.3 is 5.97 Å². The van der Waals surface area contributed by atoms with E-state index in [-0.39, 0.29) is 18.7 Å². The quantitative estimate of drug-likeness (QED) is 0.139. The zero-order valence-corrected chi connectivity index (χ0v) is 30.6. The first-order chi connectivity index (χ1) is 25.9. The normalized spacial score (nSPS) is 18.7. The number of aliphatic imine (C=N–C) groups is 1. The first kappa shape index (κ1) is 34.6. The van der Waals surface area contributed by atoms with Gasteiger partial charge in [-0.15, -0.1) is 0 Å². The van der Waals surface area contributed by atoms with Gasteiger partial charge in [0.1, 0.15) is 0 Å². The standard InChI is InChI=1S/C43H39BrN4O5/c44-31-17-19-32(20-18-31)48-23-21-30-24-37-38(53-27-52-37)25-34(30)41(48)40(43(50)51)46-39(29-12-5-2-6-13-29)33-14-7-8-15-35(33)45-42(49)36-16-9-22-47(36)26-28-10-3-1-4-11-28/h1-8,10-15,17-20,24-25,36,40-41H,9,16,21-23,26-27H2,(H,45,49)(H,50,51)/t36-,40-,41+/m0/s1. The molecule has 268 valence electrons. The molecule has 3 aliphatic rings. The lowest BCUT2D eigenvalue weighted by molar-refractivity contribution is -0.139. The van der Waals surface area contributed by atoms with Crippen molar-refractivity contribution in [3.63, 3.8) is 0 Å². The number of carboxylic acids is 1. The molecule has 9 nitrogen and oxygen atoms in total. The largest absolute Gasteiger partial charge is 0.480 e. The fourth-order valence-corrected chi connectivity index (χ4v) is 8.01. The van der Waals surface area contributed by atoms with Crippen molar-refractivity contribution in [2.24, 2.45) is 4.99 Å². The first-order valence-corrected chi connectivity index (χ1v) is 18.7. The second-order valence-corrected chi connectivity index (χ2v) is 14.5. The summed E-state index contributed by atoms with van der Waals surface area (Å²) < 4.78 is 12.4. The predicted octanol–water partition coefficient (Wildman–Crippen LogP) is 7.88. The van der Waals surface area contributed by atoms with Crippen molar-refractivity contribution < 1.29 is 24.2 Å². The predicted molar refractivity (Wildman–Crippen MR) is 209 cm³/mol. The second-order valence-electron chi connectivity index (χ2n) is 13.5. The maximum atomic E-state index is 14.0. The molecule has 0 aliphatic carbocycles. The number of halogens is 1. The van der Waals surface area contributed by atoms with Gasteiger partial charge in [0.15, 0.2) is 17.5 Å². The number of aliphatic carboxylic acids is 1. The van der Waals surface area contributed by atoms with Crippen LogP contribution in [0.4, 0.5) is 11.4 Å². The van der Waals surface area contributed by atoms with Crippen molar-refractivity contribution in [2.45, 2.75) is 43.9 Å². The molecule has 0 aromatic heterocycles. The Balaban J connectivity index is 1.21. The summed E-state index contributed by atoms with van der Waals surface area (Å²) in [6, 6.07) is 36.9. The van der Waals surface area contributed by atoms with Gasteiger partial charge in [-0.05, 0) is 85.0 Å².